The summed E-state index contributed by atoms with van der Waals surface area (Å²) in [7, 11) is 0. The average molecular weight is 305 g/mol. The lowest BCUT2D eigenvalue weighted by Gasteiger charge is -2.18. The van der Waals surface area contributed by atoms with Crippen LogP contribution in [0.25, 0.3) is 0 Å². The predicted octanol–water partition coefficient (Wildman–Crippen LogP) is 3.38. The molecule has 1 aliphatic heterocycles. The van der Waals surface area contributed by atoms with Crippen LogP contribution in [0.5, 0.6) is 0 Å². The number of hydrogen-bond donors (Lipinski definition) is 1. The molecule has 0 radical (unpaired) electrons. The van der Waals surface area contributed by atoms with E-state index >= 15 is 0 Å². The lowest BCUT2D eigenvalue weighted by Crippen LogP contribution is -2.30. The van der Waals surface area contributed by atoms with Crippen LogP contribution in [0.4, 0.5) is 0 Å². The molecule has 1 fully saturated rings. The zero-order chi connectivity index (χ0) is 12.8. The SMILES string of the molecule is Clc1ccc(Cl)c(SCCN2CCCNCC2)c1. The average Bonchev–Trinajstić information content (AvgIpc) is 2.62. The quantitative estimate of drug-likeness (QED) is 0.859. The van der Waals surface area contributed by atoms with Gasteiger partial charge in [0, 0.05) is 35.3 Å². The number of halogens is 2. The van der Waals surface area contributed by atoms with E-state index in [-0.39, 0.29) is 0 Å². The van der Waals surface area contributed by atoms with Gasteiger partial charge in [0.05, 0.1) is 5.02 Å². The van der Waals surface area contributed by atoms with Crippen LogP contribution in [0.3, 0.4) is 0 Å². The fraction of sp³-hybridized carbons (Fsp3) is 0.538. The molecule has 100 valence electrons. The summed E-state index contributed by atoms with van der Waals surface area (Å²) in [5.74, 6) is 1.06. The van der Waals surface area contributed by atoms with Gasteiger partial charge in [0.1, 0.15) is 0 Å². The second-order valence-corrected chi connectivity index (χ2v) is 6.35. The molecule has 18 heavy (non-hydrogen) atoms. The fourth-order valence-corrected chi connectivity index (χ4v) is 3.50. The molecule has 1 heterocycles. The molecule has 0 spiro atoms. The number of thioether (sulfide) groups is 1. The van der Waals surface area contributed by atoms with Crippen molar-refractivity contribution in [3.05, 3.63) is 28.2 Å². The maximum absolute atomic E-state index is 6.14. The molecule has 1 aliphatic rings. The van der Waals surface area contributed by atoms with E-state index in [1.807, 2.05) is 18.2 Å². The van der Waals surface area contributed by atoms with Crippen LogP contribution >= 0.6 is 35.0 Å². The first-order valence-electron chi connectivity index (χ1n) is 6.26. The van der Waals surface area contributed by atoms with Crippen molar-refractivity contribution >= 4 is 35.0 Å². The Hall–Kier alpha value is 0.0700. The van der Waals surface area contributed by atoms with Crippen LogP contribution in [0.2, 0.25) is 10.0 Å². The van der Waals surface area contributed by atoms with Crippen molar-refractivity contribution in [2.45, 2.75) is 11.3 Å². The summed E-state index contributed by atoms with van der Waals surface area (Å²) in [6, 6.07) is 5.63. The van der Waals surface area contributed by atoms with Gasteiger partial charge in [-0.25, -0.2) is 0 Å². The molecule has 2 rings (SSSR count). The monoisotopic (exact) mass is 304 g/mol. The minimum absolute atomic E-state index is 0.751. The van der Waals surface area contributed by atoms with E-state index in [4.69, 9.17) is 23.2 Å². The topological polar surface area (TPSA) is 15.3 Å². The van der Waals surface area contributed by atoms with Gasteiger partial charge in [-0.2, -0.15) is 0 Å². The summed E-state index contributed by atoms with van der Waals surface area (Å²) in [5.41, 5.74) is 0. The molecule has 0 atom stereocenters. The minimum atomic E-state index is 0.751. The van der Waals surface area contributed by atoms with E-state index in [0.717, 1.165) is 46.9 Å². The van der Waals surface area contributed by atoms with Gasteiger partial charge >= 0.3 is 0 Å². The Bertz CT molecular complexity index is 379. The first-order valence-corrected chi connectivity index (χ1v) is 8.01. The van der Waals surface area contributed by atoms with Crippen LogP contribution in [-0.2, 0) is 0 Å². The third kappa shape index (κ3) is 4.63. The first kappa shape index (κ1) is 14.5. The van der Waals surface area contributed by atoms with Crippen molar-refractivity contribution in [3.8, 4) is 0 Å². The third-order valence-electron chi connectivity index (χ3n) is 2.99. The number of nitrogens with one attached hydrogen (secondary N) is 1. The van der Waals surface area contributed by atoms with E-state index < -0.39 is 0 Å². The highest BCUT2D eigenvalue weighted by Crippen LogP contribution is 2.29. The molecule has 0 amide bonds. The highest BCUT2D eigenvalue weighted by molar-refractivity contribution is 7.99. The number of nitrogens with zero attached hydrogens (tertiary/aromatic N) is 1. The molecule has 5 heteroatoms. The van der Waals surface area contributed by atoms with Gasteiger partial charge in [-0.1, -0.05) is 23.2 Å². The first-order chi connectivity index (χ1) is 8.75. The smallest absolute Gasteiger partial charge is 0.0542 e. The molecule has 0 unspecified atom stereocenters. The van der Waals surface area contributed by atoms with Crippen LogP contribution < -0.4 is 5.32 Å². The van der Waals surface area contributed by atoms with E-state index in [1.54, 1.807) is 11.8 Å². The molecular weight excluding hydrogens is 287 g/mol. The Morgan fingerprint density at radius 1 is 1.22 bits per heavy atom. The van der Waals surface area contributed by atoms with Gasteiger partial charge in [0.25, 0.3) is 0 Å². The van der Waals surface area contributed by atoms with Crippen molar-refractivity contribution in [1.29, 1.82) is 0 Å². The van der Waals surface area contributed by atoms with Crippen molar-refractivity contribution < 1.29 is 0 Å². The summed E-state index contributed by atoms with van der Waals surface area (Å²) >= 11 is 13.9. The molecule has 0 saturated carbocycles. The molecule has 0 aromatic heterocycles. The Kier molecular flexibility index (Phi) is 6.12. The lowest BCUT2D eigenvalue weighted by atomic mass is 10.4. The fourth-order valence-electron chi connectivity index (χ4n) is 2.00. The molecular formula is C13H18Cl2N2S. The third-order valence-corrected chi connectivity index (χ3v) is 4.70. The second kappa shape index (κ2) is 7.61. The minimum Gasteiger partial charge on any atom is -0.315 e. The van der Waals surface area contributed by atoms with Gasteiger partial charge < -0.3 is 10.2 Å². The van der Waals surface area contributed by atoms with Crippen molar-refractivity contribution in [1.82, 2.24) is 10.2 Å². The molecule has 0 aliphatic carbocycles. The Morgan fingerprint density at radius 3 is 3.00 bits per heavy atom. The molecule has 0 bridgehead atoms. The zero-order valence-corrected chi connectivity index (χ0v) is 12.6. The highest BCUT2D eigenvalue weighted by atomic mass is 35.5. The van der Waals surface area contributed by atoms with Gasteiger partial charge in [0.2, 0.25) is 0 Å². The van der Waals surface area contributed by atoms with Crippen LogP contribution in [0.1, 0.15) is 6.42 Å². The van der Waals surface area contributed by atoms with Crippen molar-refractivity contribution in [2.75, 3.05) is 38.5 Å². The zero-order valence-electron chi connectivity index (χ0n) is 10.3. The van der Waals surface area contributed by atoms with E-state index in [1.165, 1.54) is 13.0 Å². The number of benzene rings is 1. The van der Waals surface area contributed by atoms with Crippen molar-refractivity contribution in [3.63, 3.8) is 0 Å². The van der Waals surface area contributed by atoms with E-state index in [2.05, 4.69) is 10.2 Å². The summed E-state index contributed by atoms with van der Waals surface area (Å²) in [4.78, 5) is 3.59. The summed E-state index contributed by atoms with van der Waals surface area (Å²) < 4.78 is 0. The Labute approximate surface area is 123 Å². The number of hydrogen-bond acceptors (Lipinski definition) is 3. The largest absolute Gasteiger partial charge is 0.315 e. The lowest BCUT2D eigenvalue weighted by molar-refractivity contribution is 0.311. The predicted molar refractivity (Wildman–Crippen MR) is 81.1 cm³/mol. The van der Waals surface area contributed by atoms with Crippen LogP contribution in [0.15, 0.2) is 23.1 Å². The van der Waals surface area contributed by atoms with Gasteiger partial charge in [-0.3, -0.25) is 0 Å². The standard InChI is InChI=1S/C13H18Cl2N2S/c14-11-2-3-12(15)13(10-11)18-9-8-17-6-1-4-16-5-7-17/h2-3,10,16H,1,4-9H2. The second-order valence-electron chi connectivity index (χ2n) is 4.37. The summed E-state index contributed by atoms with van der Waals surface area (Å²) in [6.07, 6.45) is 1.24. The van der Waals surface area contributed by atoms with E-state index in [0.29, 0.717) is 0 Å². The van der Waals surface area contributed by atoms with Gasteiger partial charge in [0.15, 0.2) is 0 Å². The molecule has 1 aromatic rings. The molecule has 1 saturated heterocycles. The van der Waals surface area contributed by atoms with Gasteiger partial charge in [-0.15, -0.1) is 11.8 Å². The van der Waals surface area contributed by atoms with Crippen LogP contribution in [-0.4, -0.2) is 43.4 Å². The molecule has 2 nitrogen and oxygen atoms in total. The summed E-state index contributed by atoms with van der Waals surface area (Å²) in [6.45, 7) is 5.68. The molecule has 1 N–H and O–H groups in total. The van der Waals surface area contributed by atoms with Crippen molar-refractivity contribution in [2.24, 2.45) is 0 Å². The summed E-state index contributed by atoms with van der Waals surface area (Å²) in [5, 5.41) is 4.96. The Balaban J connectivity index is 1.78. The number of rotatable bonds is 4. The van der Waals surface area contributed by atoms with E-state index in [9.17, 15) is 0 Å². The highest BCUT2D eigenvalue weighted by Gasteiger charge is 2.09. The maximum Gasteiger partial charge on any atom is 0.0542 e. The maximum atomic E-state index is 6.14. The normalized spacial score (nSPS) is 17.7. The Morgan fingerprint density at radius 2 is 2.11 bits per heavy atom. The molecule has 1 aromatic carbocycles. The van der Waals surface area contributed by atoms with Gasteiger partial charge in [-0.05, 0) is 37.7 Å². The van der Waals surface area contributed by atoms with Crippen LogP contribution in [0, 0.1) is 0 Å².